The van der Waals surface area contributed by atoms with Gasteiger partial charge >= 0.3 is 0 Å². The molecule has 0 aliphatic heterocycles. The first-order chi connectivity index (χ1) is 9.99. The highest BCUT2D eigenvalue weighted by molar-refractivity contribution is 5.55. The fourth-order valence-corrected chi connectivity index (χ4v) is 2.04. The van der Waals surface area contributed by atoms with Crippen molar-refractivity contribution in [1.82, 2.24) is 4.98 Å². The molecule has 1 aromatic heterocycles. The number of hydrogen-bond acceptors (Lipinski definition) is 6. The monoisotopic (exact) mass is 287 g/mol. The molecule has 2 rings (SSSR count). The lowest BCUT2D eigenvalue weighted by Crippen LogP contribution is -2.19. The van der Waals surface area contributed by atoms with E-state index >= 15 is 0 Å². The summed E-state index contributed by atoms with van der Waals surface area (Å²) in [4.78, 5) is 16.5. The molecule has 1 aromatic carbocycles. The van der Waals surface area contributed by atoms with E-state index in [9.17, 15) is 10.1 Å². The van der Waals surface area contributed by atoms with E-state index in [0.717, 1.165) is 11.1 Å². The van der Waals surface area contributed by atoms with Crippen molar-refractivity contribution < 1.29 is 4.92 Å². The van der Waals surface area contributed by atoms with E-state index in [1.165, 1.54) is 12.1 Å². The fraction of sp³-hybridized carbons (Fsp3) is 0.214. The maximum atomic E-state index is 10.9. The highest BCUT2D eigenvalue weighted by Crippen LogP contribution is 2.23. The molecule has 0 unspecified atom stereocenters. The van der Waals surface area contributed by atoms with Crippen molar-refractivity contribution in [3.05, 3.63) is 57.6 Å². The molecule has 0 bridgehead atoms. The Morgan fingerprint density at radius 2 is 2.14 bits per heavy atom. The summed E-state index contributed by atoms with van der Waals surface area (Å²) >= 11 is 0. The molecule has 0 radical (unpaired) electrons. The van der Waals surface area contributed by atoms with Gasteiger partial charge in [-0.05, 0) is 12.5 Å². The van der Waals surface area contributed by atoms with Crippen LogP contribution in [0.2, 0.25) is 0 Å². The average molecular weight is 287 g/mol. The lowest BCUT2D eigenvalue weighted by atomic mass is 10.1. The molecule has 7 nitrogen and oxygen atoms in total. The predicted molar refractivity (Wildman–Crippen MR) is 82.0 cm³/mol. The molecule has 3 N–H and O–H groups in total. The number of hydrazine groups is 1. The van der Waals surface area contributed by atoms with Gasteiger partial charge in [-0.3, -0.25) is 10.1 Å². The third kappa shape index (κ3) is 3.67. The van der Waals surface area contributed by atoms with Gasteiger partial charge in [-0.2, -0.15) is 0 Å². The van der Waals surface area contributed by atoms with Gasteiger partial charge in [0.15, 0.2) is 0 Å². The number of nitrogens with one attached hydrogen (secondary N) is 1. The Morgan fingerprint density at radius 3 is 2.76 bits per heavy atom. The number of aromatic nitrogens is 1. The second-order valence-electron chi connectivity index (χ2n) is 4.82. The SMILES string of the molecule is Cc1cccc(CN(C)c2cc([N+](=O)[O-])cc(NN)n2)c1. The molecule has 0 spiro atoms. The summed E-state index contributed by atoms with van der Waals surface area (Å²) < 4.78 is 0. The number of nitrogen functional groups attached to an aromatic ring is 1. The average Bonchev–Trinajstić information content (AvgIpc) is 2.46. The molecule has 0 saturated carbocycles. The molecule has 0 fully saturated rings. The Hall–Kier alpha value is -2.67. The van der Waals surface area contributed by atoms with Crippen LogP contribution in [0.5, 0.6) is 0 Å². The first-order valence-electron chi connectivity index (χ1n) is 6.39. The highest BCUT2D eigenvalue weighted by Gasteiger charge is 2.13. The summed E-state index contributed by atoms with van der Waals surface area (Å²) in [5, 5.41) is 10.9. The van der Waals surface area contributed by atoms with Gasteiger partial charge in [0, 0.05) is 13.6 Å². The second kappa shape index (κ2) is 6.19. The molecule has 0 saturated heterocycles. The van der Waals surface area contributed by atoms with Crippen molar-refractivity contribution >= 4 is 17.3 Å². The molecule has 1 heterocycles. The van der Waals surface area contributed by atoms with E-state index in [-0.39, 0.29) is 11.5 Å². The largest absolute Gasteiger partial charge is 0.355 e. The van der Waals surface area contributed by atoms with Gasteiger partial charge in [-0.15, -0.1) is 0 Å². The van der Waals surface area contributed by atoms with Gasteiger partial charge in [0.2, 0.25) is 0 Å². The molecule has 110 valence electrons. The van der Waals surface area contributed by atoms with Crippen molar-refractivity contribution in [2.45, 2.75) is 13.5 Å². The van der Waals surface area contributed by atoms with Crippen molar-refractivity contribution in [2.75, 3.05) is 17.4 Å². The van der Waals surface area contributed by atoms with Crippen LogP contribution < -0.4 is 16.2 Å². The fourth-order valence-electron chi connectivity index (χ4n) is 2.04. The third-order valence-electron chi connectivity index (χ3n) is 3.05. The van der Waals surface area contributed by atoms with Crippen LogP contribution in [0.15, 0.2) is 36.4 Å². The number of benzene rings is 1. The Labute approximate surface area is 122 Å². The normalized spacial score (nSPS) is 10.2. The molecular formula is C14H17N5O2. The van der Waals surface area contributed by atoms with Crippen molar-refractivity contribution in [3.63, 3.8) is 0 Å². The molecule has 0 aliphatic rings. The Balaban J connectivity index is 2.27. The minimum atomic E-state index is -0.466. The topological polar surface area (TPSA) is 97.3 Å². The minimum Gasteiger partial charge on any atom is -0.355 e. The molecule has 7 heteroatoms. The van der Waals surface area contributed by atoms with E-state index in [1.807, 2.05) is 37.1 Å². The van der Waals surface area contributed by atoms with Crippen LogP contribution in [0, 0.1) is 17.0 Å². The summed E-state index contributed by atoms with van der Waals surface area (Å²) in [5.41, 5.74) is 4.57. The van der Waals surface area contributed by atoms with Crippen molar-refractivity contribution in [2.24, 2.45) is 5.84 Å². The zero-order valence-corrected chi connectivity index (χ0v) is 11.9. The predicted octanol–water partition coefficient (Wildman–Crippen LogP) is 2.22. The first kappa shape index (κ1) is 14.7. The Bertz CT molecular complexity index is 660. The highest BCUT2D eigenvalue weighted by atomic mass is 16.6. The van der Waals surface area contributed by atoms with Crippen LogP contribution in [0.3, 0.4) is 0 Å². The van der Waals surface area contributed by atoms with Gasteiger partial charge < -0.3 is 10.3 Å². The summed E-state index contributed by atoms with van der Waals surface area (Å²) in [5.74, 6) is 6.05. The Morgan fingerprint density at radius 1 is 1.38 bits per heavy atom. The maximum Gasteiger partial charge on any atom is 0.276 e. The van der Waals surface area contributed by atoms with Gasteiger partial charge in [0.05, 0.1) is 17.1 Å². The van der Waals surface area contributed by atoms with E-state index < -0.39 is 4.92 Å². The number of nitrogens with two attached hydrogens (primary N) is 1. The summed E-state index contributed by atoms with van der Waals surface area (Å²) in [6.07, 6.45) is 0. The number of aryl methyl sites for hydroxylation is 1. The van der Waals surface area contributed by atoms with Gasteiger partial charge in [-0.1, -0.05) is 29.8 Å². The van der Waals surface area contributed by atoms with E-state index in [0.29, 0.717) is 12.4 Å². The number of anilines is 2. The molecular weight excluding hydrogens is 270 g/mol. The van der Waals surface area contributed by atoms with E-state index in [1.54, 1.807) is 0 Å². The number of rotatable bonds is 5. The van der Waals surface area contributed by atoms with Gasteiger partial charge in [0.25, 0.3) is 5.69 Å². The summed E-state index contributed by atoms with van der Waals surface area (Å²) in [6, 6.07) is 10.8. The quantitative estimate of drug-likeness (QED) is 0.497. The van der Waals surface area contributed by atoms with Crippen LogP contribution in [0.25, 0.3) is 0 Å². The van der Waals surface area contributed by atoms with Crippen LogP contribution in [0.1, 0.15) is 11.1 Å². The number of pyridine rings is 1. The first-order valence-corrected chi connectivity index (χ1v) is 6.39. The standard InChI is InChI=1S/C14H17N5O2/c1-10-4-3-5-11(6-10)9-18(2)14-8-12(19(20)21)7-13(16-14)17-15/h3-8H,9,15H2,1-2H3,(H,16,17). The zero-order chi connectivity index (χ0) is 15.4. The smallest absolute Gasteiger partial charge is 0.276 e. The number of hydrogen-bond donors (Lipinski definition) is 2. The maximum absolute atomic E-state index is 10.9. The molecule has 0 atom stereocenters. The third-order valence-corrected chi connectivity index (χ3v) is 3.05. The summed E-state index contributed by atoms with van der Waals surface area (Å²) in [6.45, 7) is 2.62. The molecule has 2 aromatic rings. The van der Waals surface area contributed by atoms with Crippen molar-refractivity contribution in [3.8, 4) is 0 Å². The van der Waals surface area contributed by atoms with E-state index in [4.69, 9.17) is 5.84 Å². The van der Waals surface area contributed by atoms with Crippen LogP contribution in [0.4, 0.5) is 17.3 Å². The van der Waals surface area contributed by atoms with Crippen LogP contribution >= 0.6 is 0 Å². The van der Waals surface area contributed by atoms with E-state index in [2.05, 4.69) is 16.5 Å². The lowest BCUT2D eigenvalue weighted by Gasteiger charge is -2.19. The second-order valence-corrected chi connectivity index (χ2v) is 4.82. The molecule has 0 aliphatic carbocycles. The Kier molecular flexibility index (Phi) is 4.34. The van der Waals surface area contributed by atoms with Crippen LogP contribution in [-0.2, 0) is 6.54 Å². The summed E-state index contributed by atoms with van der Waals surface area (Å²) in [7, 11) is 1.83. The van der Waals surface area contributed by atoms with Gasteiger partial charge in [0.1, 0.15) is 11.6 Å². The molecule has 0 amide bonds. The van der Waals surface area contributed by atoms with Crippen LogP contribution in [-0.4, -0.2) is 17.0 Å². The molecule has 21 heavy (non-hydrogen) atoms. The zero-order valence-electron chi connectivity index (χ0n) is 11.9. The van der Waals surface area contributed by atoms with Crippen molar-refractivity contribution in [1.29, 1.82) is 0 Å². The number of nitrogens with zero attached hydrogens (tertiary/aromatic N) is 3. The van der Waals surface area contributed by atoms with Gasteiger partial charge in [-0.25, -0.2) is 10.8 Å². The lowest BCUT2D eigenvalue weighted by molar-refractivity contribution is -0.384. The minimum absolute atomic E-state index is 0.0518. The number of nitro groups is 1.